The summed E-state index contributed by atoms with van der Waals surface area (Å²) in [7, 11) is 1.33. The highest BCUT2D eigenvalue weighted by Gasteiger charge is 2.24. The van der Waals surface area contributed by atoms with E-state index in [0.717, 1.165) is 38.5 Å². The van der Waals surface area contributed by atoms with E-state index in [4.69, 9.17) is 9.05 Å². The van der Waals surface area contributed by atoms with Crippen LogP contribution in [-0.4, -0.2) is 68.5 Å². The number of phosphoric ester groups is 1. The number of aliphatic hydroxyl groups excluding tert-OH is 1. The molecule has 85 heavy (non-hydrogen) atoms. The van der Waals surface area contributed by atoms with E-state index in [2.05, 4.69) is 31.3 Å². The average Bonchev–Trinajstić information content (AvgIpc) is 3.48. The molecule has 0 bridgehead atoms. The fraction of sp³-hybridized carbons (Fsp3) is 0.961. The Bertz CT molecular complexity index is 1390. The highest BCUT2D eigenvalue weighted by molar-refractivity contribution is 7.45. The number of phosphoric acid groups is 1. The quantitative estimate of drug-likeness (QED) is 0.0272. The van der Waals surface area contributed by atoms with Crippen molar-refractivity contribution in [3.8, 4) is 0 Å². The first-order chi connectivity index (χ1) is 41.5. The zero-order valence-electron chi connectivity index (χ0n) is 58.4. The fourth-order valence-corrected chi connectivity index (χ4v) is 13.0. The number of aliphatic hydroxyl groups is 1. The van der Waals surface area contributed by atoms with Gasteiger partial charge in [-0.25, -0.2) is 0 Å². The number of allylic oxidation sites excluding steroid dienone is 2. The number of nitrogens with zero attached hydrogens (tertiary/aromatic N) is 1. The summed E-state index contributed by atoms with van der Waals surface area (Å²) in [5, 5.41) is 14.1. The molecule has 0 spiro atoms. The first-order valence-corrected chi connectivity index (χ1v) is 40.0. The molecule has 0 fully saturated rings. The molecule has 0 radical (unpaired) electrons. The SMILES string of the molecule is CCCCCCCCCC/C=C\CCCCCCCCCCCCCCCCCCCCCCCCCCCCCCCC(=O)NC(COP(=O)([O-])OCC[N+](C)(C)C)C(O)CCCCCCCCCCCCCCCCCCCCCCCC. The summed E-state index contributed by atoms with van der Waals surface area (Å²) in [6.45, 7) is 4.79. The van der Waals surface area contributed by atoms with Gasteiger partial charge in [0.2, 0.25) is 5.91 Å². The van der Waals surface area contributed by atoms with E-state index >= 15 is 0 Å². The molecule has 0 aliphatic carbocycles. The minimum absolute atomic E-state index is 0.0164. The molecule has 2 N–H and O–H groups in total. The lowest BCUT2D eigenvalue weighted by Gasteiger charge is -2.30. The van der Waals surface area contributed by atoms with Gasteiger partial charge in [-0.3, -0.25) is 9.36 Å². The van der Waals surface area contributed by atoms with Gasteiger partial charge >= 0.3 is 0 Å². The topological polar surface area (TPSA) is 108 Å². The summed E-state index contributed by atoms with van der Waals surface area (Å²) in [5.41, 5.74) is 0. The lowest BCUT2D eigenvalue weighted by atomic mass is 10.0. The van der Waals surface area contributed by atoms with Crippen LogP contribution in [0.4, 0.5) is 0 Å². The van der Waals surface area contributed by atoms with Crippen LogP contribution in [0.25, 0.3) is 0 Å². The van der Waals surface area contributed by atoms with Gasteiger partial charge in [0.05, 0.1) is 39.9 Å². The molecule has 0 saturated heterocycles. The van der Waals surface area contributed by atoms with Gasteiger partial charge in [-0.05, 0) is 38.5 Å². The molecule has 508 valence electrons. The number of hydrogen-bond acceptors (Lipinski definition) is 6. The standard InChI is InChI=1S/C76H153N2O6P/c1-6-8-10-12-14-16-18-20-22-24-26-28-30-31-32-33-34-35-36-37-38-39-40-41-42-43-44-45-46-47-48-50-52-54-56-58-60-62-64-66-68-70-76(80)77-74(73-84-85(81,82)83-72-71-78(3,4)5)75(79)69-67-65-63-61-59-57-55-53-51-49-29-27-25-23-21-19-17-15-13-11-9-7-2/h24,26,74-75,79H,6-23,25,27-73H2,1-5H3,(H-,77,80,81,82)/b26-24-. The monoisotopic (exact) mass is 1220 g/mol. The van der Waals surface area contributed by atoms with Gasteiger partial charge in [0, 0.05) is 6.42 Å². The van der Waals surface area contributed by atoms with Crippen molar-refractivity contribution >= 4 is 13.7 Å². The molecule has 0 aromatic carbocycles. The van der Waals surface area contributed by atoms with Crippen molar-refractivity contribution in [2.24, 2.45) is 0 Å². The smallest absolute Gasteiger partial charge is 0.268 e. The fourth-order valence-electron chi connectivity index (χ4n) is 12.3. The normalized spacial score (nSPS) is 13.5. The third-order valence-corrected chi connectivity index (χ3v) is 19.2. The predicted octanol–water partition coefficient (Wildman–Crippen LogP) is 24.2. The predicted molar refractivity (Wildman–Crippen MR) is 372 cm³/mol. The van der Waals surface area contributed by atoms with Gasteiger partial charge in [0.25, 0.3) is 7.82 Å². The highest BCUT2D eigenvalue weighted by Crippen LogP contribution is 2.38. The van der Waals surface area contributed by atoms with Crippen molar-refractivity contribution in [1.29, 1.82) is 0 Å². The van der Waals surface area contributed by atoms with Crippen LogP contribution in [0.1, 0.15) is 418 Å². The van der Waals surface area contributed by atoms with Crippen molar-refractivity contribution in [2.75, 3.05) is 40.9 Å². The molecule has 0 aliphatic rings. The molecule has 1 amide bonds. The van der Waals surface area contributed by atoms with Crippen molar-refractivity contribution < 1.29 is 32.9 Å². The van der Waals surface area contributed by atoms with E-state index in [0.29, 0.717) is 23.9 Å². The van der Waals surface area contributed by atoms with Crippen LogP contribution in [-0.2, 0) is 18.4 Å². The van der Waals surface area contributed by atoms with Crippen LogP contribution in [0.3, 0.4) is 0 Å². The second kappa shape index (κ2) is 67.6. The average molecular weight is 1220 g/mol. The summed E-state index contributed by atoms with van der Waals surface area (Å²) in [6, 6.07) is -0.798. The molecule has 0 heterocycles. The lowest BCUT2D eigenvalue weighted by Crippen LogP contribution is -2.46. The Morgan fingerprint density at radius 3 is 0.918 bits per heavy atom. The number of carbonyl (C=O) groups is 1. The second-order valence-electron chi connectivity index (χ2n) is 28.1. The molecular weight excluding hydrogens is 1070 g/mol. The molecule has 3 unspecified atom stereocenters. The number of amides is 1. The summed E-state index contributed by atoms with van der Waals surface area (Å²) < 4.78 is 23.6. The Balaban J connectivity index is 3.85. The number of carbonyl (C=O) groups excluding carboxylic acids is 1. The van der Waals surface area contributed by atoms with Crippen LogP contribution >= 0.6 is 7.82 Å². The highest BCUT2D eigenvalue weighted by atomic mass is 31.2. The van der Waals surface area contributed by atoms with E-state index in [-0.39, 0.29) is 19.1 Å². The minimum atomic E-state index is -4.58. The van der Waals surface area contributed by atoms with E-state index < -0.39 is 20.0 Å². The van der Waals surface area contributed by atoms with E-state index in [1.54, 1.807) is 0 Å². The number of hydrogen-bond donors (Lipinski definition) is 2. The molecule has 8 nitrogen and oxygen atoms in total. The summed E-state index contributed by atoms with van der Waals surface area (Å²) in [4.78, 5) is 25.7. The maximum absolute atomic E-state index is 13.1. The lowest BCUT2D eigenvalue weighted by molar-refractivity contribution is -0.870. The molecule has 3 atom stereocenters. The van der Waals surface area contributed by atoms with E-state index in [1.807, 2.05) is 21.1 Å². The maximum Gasteiger partial charge on any atom is 0.268 e. The third-order valence-electron chi connectivity index (χ3n) is 18.3. The Hall–Kier alpha value is -0.760. The summed E-state index contributed by atoms with van der Waals surface area (Å²) in [5.74, 6) is -0.154. The maximum atomic E-state index is 13.1. The Morgan fingerprint density at radius 2 is 0.647 bits per heavy atom. The van der Waals surface area contributed by atoms with Gasteiger partial charge < -0.3 is 28.8 Å². The molecule has 0 saturated carbocycles. The van der Waals surface area contributed by atoms with Crippen LogP contribution in [0.2, 0.25) is 0 Å². The van der Waals surface area contributed by atoms with Gasteiger partial charge in [-0.1, -0.05) is 386 Å². The van der Waals surface area contributed by atoms with E-state index in [9.17, 15) is 19.4 Å². The first-order valence-electron chi connectivity index (χ1n) is 38.5. The number of nitrogens with one attached hydrogen (secondary N) is 1. The summed E-state index contributed by atoms with van der Waals surface area (Å²) in [6.07, 6.45) is 87.6. The third kappa shape index (κ3) is 70.6. The Kier molecular flexibility index (Phi) is 67.0. The first kappa shape index (κ1) is 84.2. The van der Waals surface area contributed by atoms with Gasteiger partial charge in [0.1, 0.15) is 13.2 Å². The number of likely N-dealkylation sites (N-methyl/N-ethyl adjacent to an activating group) is 1. The molecular formula is C76H153N2O6P. The Morgan fingerprint density at radius 1 is 0.400 bits per heavy atom. The second-order valence-corrected chi connectivity index (χ2v) is 29.5. The van der Waals surface area contributed by atoms with Crippen molar-refractivity contribution in [3.05, 3.63) is 12.2 Å². The molecule has 0 aromatic heterocycles. The van der Waals surface area contributed by atoms with Crippen molar-refractivity contribution in [2.45, 2.75) is 431 Å². The molecule has 0 aromatic rings. The number of quaternary nitrogens is 1. The zero-order chi connectivity index (χ0) is 61.9. The largest absolute Gasteiger partial charge is 0.756 e. The molecule has 0 aliphatic heterocycles. The zero-order valence-corrected chi connectivity index (χ0v) is 59.3. The van der Waals surface area contributed by atoms with Crippen LogP contribution in [0.15, 0.2) is 12.2 Å². The molecule has 9 heteroatoms. The summed E-state index contributed by atoms with van der Waals surface area (Å²) >= 11 is 0. The van der Waals surface area contributed by atoms with Crippen LogP contribution < -0.4 is 10.2 Å². The van der Waals surface area contributed by atoms with Crippen molar-refractivity contribution in [3.63, 3.8) is 0 Å². The van der Waals surface area contributed by atoms with E-state index in [1.165, 1.54) is 353 Å². The number of rotatable bonds is 73. The van der Waals surface area contributed by atoms with Gasteiger partial charge in [-0.2, -0.15) is 0 Å². The van der Waals surface area contributed by atoms with Crippen molar-refractivity contribution in [1.82, 2.24) is 5.32 Å². The molecule has 0 rings (SSSR count). The van der Waals surface area contributed by atoms with Gasteiger partial charge in [-0.15, -0.1) is 0 Å². The van der Waals surface area contributed by atoms with Gasteiger partial charge in [0.15, 0.2) is 0 Å². The number of unbranched alkanes of at least 4 members (excludes halogenated alkanes) is 58. The Labute approximate surface area is 532 Å². The van der Waals surface area contributed by atoms with Crippen LogP contribution in [0.5, 0.6) is 0 Å². The van der Waals surface area contributed by atoms with Crippen LogP contribution in [0, 0.1) is 0 Å². The minimum Gasteiger partial charge on any atom is -0.756 e.